The number of carbonyl (C=O) groups excluding carboxylic acids is 4. The van der Waals surface area contributed by atoms with Gasteiger partial charge in [0.05, 0.1) is 0 Å². The molecule has 0 saturated heterocycles. The molecule has 0 bridgehead atoms. The first-order valence-corrected chi connectivity index (χ1v) is 10.2. The van der Waals surface area contributed by atoms with E-state index in [0.717, 1.165) is 6.07 Å². The predicted octanol–water partition coefficient (Wildman–Crippen LogP) is 3.57. The molecule has 0 fully saturated rings. The zero-order chi connectivity index (χ0) is 24.4. The lowest BCUT2D eigenvalue weighted by atomic mass is 10.1. The highest BCUT2D eigenvalue weighted by atomic mass is 19.3. The Balaban J connectivity index is 1.85. The first-order valence-electron chi connectivity index (χ1n) is 10.2. The van der Waals surface area contributed by atoms with Gasteiger partial charge in [-0.3, -0.25) is 19.2 Å². The van der Waals surface area contributed by atoms with Crippen molar-refractivity contribution in [3.05, 3.63) is 59.7 Å². The molecule has 2 rings (SSSR count). The summed E-state index contributed by atoms with van der Waals surface area (Å²) in [4.78, 5) is 48.2. The number of ketones is 1. The number of anilines is 1. The normalized spacial score (nSPS) is 11.4. The SMILES string of the molecule is CCCC(=O)Nc1ccc(C(=O)C(C)OC(=O)CNC(=O)c2cccc(OC(F)F)c2)cc1. The van der Waals surface area contributed by atoms with E-state index >= 15 is 0 Å². The molecule has 0 aliphatic rings. The molecule has 0 saturated carbocycles. The Labute approximate surface area is 189 Å². The van der Waals surface area contributed by atoms with Crippen LogP contribution >= 0.6 is 0 Å². The number of benzene rings is 2. The van der Waals surface area contributed by atoms with Gasteiger partial charge in [0.15, 0.2) is 6.10 Å². The second kappa shape index (κ2) is 12.3. The fraction of sp³-hybridized carbons (Fsp3) is 0.304. The Morgan fingerprint density at radius 3 is 2.33 bits per heavy atom. The summed E-state index contributed by atoms with van der Waals surface area (Å²) in [6.45, 7) is -0.282. The van der Waals surface area contributed by atoms with Crippen LogP contribution in [0.25, 0.3) is 0 Å². The number of alkyl halides is 2. The zero-order valence-electron chi connectivity index (χ0n) is 18.1. The van der Waals surface area contributed by atoms with Crippen LogP contribution in [0.4, 0.5) is 14.5 Å². The van der Waals surface area contributed by atoms with E-state index in [1.165, 1.54) is 37.3 Å². The summed E-state index contributed by atoms with van der Waals surface area (Å²) in [5.41, 5.74) is 0.834. The molecule has 1 atom stereocenters. The van der Waals surface area contributed by atoms with E-state index in [4.69, 9.17) is 4.74 Å². The topological polar surface area (TPSA) is 111 Å². The van der Waals surface area contributed by atoms with Gasteiger partial charge in [-0.1, -0.05) is 13.0 Å². The van der Waals surface area contributed by atoms with E-state index in [1.54, 1.807) is 12.1 Å². The van der Waals surface area contributed by atoms with Crippen molar-refractivity contribution in [2.75, 3.05) is 11.9 Å². The van der Waals surface area contributed by atoms with Gasteiger partial charge in [-0.2, -0.15) is 8.78 Å². The Hall–Kier alpha value is -3.82. The average Bonchev–Trinajstić information content (AvgIpc) is 2.77. The van der Waals surface area contributed by atoms with Gasteiger partial charge in [-0.05, 0) is 55.8 Å². The maximum Gasteiger partial charge on any atom is 0.387 e. The molecule has 8 nitrogen and oxygen atoms in total. The highest BCUT2D eigenvalue weighted by molar-refractivity contribution is 6.01. The van der Waals surface area contributed by atoms with Crippen LogP contribution in [-0.2, 0) is 14.3 Å². The van der Waals surface area contributed by atoms with Crippen molar-refractivity contribution in [2.24, 2.45) is 0 Å². The molecule has 0 radical (unpaired) electrons. The summed E-state index contributed by atoms with van der Waals surface area (Å²) >= 11 is 0. The quantitative estimate of drug-likeness (QED) is 0.390. The molecule has 2 aromatic rings. The monoisotopic (exact) mass is 462 g/mol. The average molecular weight is 462 g/mol. The van der Waals surface area contributed by atoms with Gasteiger partial charge < -0.3 is 20.1 Å². The summed E-state index contributed by atoms with van der Waals surface area (Å²) in [5, 5.41) is 4.99. The van der Waals surface area contributed by atoms with E-state index in [0.29, 0.717) is 18.5 Å². The third-order valence-corrected chi connectivity index (χ3v) is 4.32. The lowest BCUT2D eigenvalue weighted by molar-refractivity contribution is -0.145. The van der Waals surface area contributed by atoms with Crippen LogP contribution in [0.15, 0.2) is 48.5 Å². The number of hydrogen-bond acceptors (Lipinski definition) is 6. The molecular formula is C23H24F2N2O6. The molecule has 10 heteroatoms. The minimum Gasteiger partial charge on any atom is -0.453 e. The molecule has 1 unspecified atom stereocenters. The van der Waals surface area contributed by atoms with E-state index in [9.17, 15) is 28.0 Å². The van der Waals surface area contributed by atoms with Crippen LogP contribution in [0.2, 0.25) is 0 Å². The number of carbonyl (C=O) groups is 4. The fourth-order valence-electron chi connectivity index (χ4n) is 2.76. The molecule has 0 aliphatic heterocycles. The van der Waals surface area contributed by atoms with Crippen molar-refractivity contribution in [1.29, 1.82) is 0 Å². The molecular weight excluding hydrogens is 438 g/mol. The Morgan fingerprint density at radius 1 is 1.00 bits per heavy atom. The molecule has 33 heavy (non-hydrogen) atoms. The summed E-state index contributed by atoms with van der Waals surface area (Å²) in [7, 11) is 0. The molecule has 2 aromatic carbocycles. The van der Waals surface area contributed by atoms with Crippen molar-refractivity contribution in [3.63, 3.8) is 0 Å². The van der Waals surface area contributed by atoms with Crippen LogP contribution in [-0.4, -0.2) is 42.8 Å². The third kappa shape index (κ3) is 8.32. The minimum atomic E-state index is -3.03. The van der Waals surface area contributed by atoms with Gasteiger partial charge in [-0.25, -0.2) is 0 Å². The van der Waals surface area contributed by atoms with Crippen LogP contribution in [0.3, 0.4) is 0 Å². The first kappa shape index (κ1) is 25.4. The standard InChI is InChI=1S/C23H24F2N2O6/c1-3-5-19(28)27-17-10-8-15(9-11-17)21(30)14(2)32-20(29)13-26-22(31)16-6-4-7-18(12-16)33-23(24)25/h4,6-12,14,23H,3,5,13H2,1-2H3,(H,26,31)(H,27,28). The second-order valence-corrected chi connectivity index (χ2v) is 6.96. The zero-order valence-corrected chi connectivity index (χ0v) is 18.1. The highest BCUT2D eigenvalue weighted by Crippen LogP contribution is 2.16. The van der Waals surface area contributed by atoms with Crippen LogP contribution in [0.5, 0.6) is 5.75 Å². The number of esters is 1. The van der Waals surface area contributed by atoms with Crippen molar-refractivity contribution < 1.29 is 37.4 Å². The Bertz CT molecular complexity index is 995. The van der Waals surface area contributed by atoms with Crippen LogP contribution < -0.4 is 15.4 Å². The summed E-state index contributed by atoms with van der Waals surface area (Å²) in [5.74, 6) is -2.35. The number of rotatable bonds is 11. The lowest BCUT2D eigenvalue weighted by Crippen LogP contribution is -2.34. The summed E-state index contributed by atoms with van der Waals surface area (Å²) in [6, 6.07) is 11.2. The molecule has 176 valence electrons. The van der Waals surface area contributed by atoms with Gasteiger partial charge >= 0.3 is 12.6 Å². The number of halogens is 2. The van der Waals surface area contributed by atoms with Crippen molar-refractivity contribution in [2.45, 2.75) is 39.4 Å². The fourth-order valence-corrected chi connectivity index (χ4v) is 2.76. The third-order valence-electron chi connectivity index (χ3n) is 4.32. The van der Waals surface area contributed by atoms with Gasteiger partial charge in [0.1, 0.15) is 12.3 Å². The van der Waals surface area contributed by atoms with Crippen LogP contribution in [0.1, 0.15) is 47.4 Å². The van der Waals surface area contributed by atoms with Gasteiger partial charge in [0.25, 0.3) is 5.91 Å². The molecule has 0 heterocycles. The second-order valence-electron chi connectivity index (χ2n) is 6.96. The molecule has 0 aliphatic carbocycles. The maximum atomic E-state index is 12.5. The van der Waals surface area contributed by atoms with Crippen molar-refractivity contribution in [3.8, 4) is 5.75 Å². The van der Waals surface area contributed by atoms with Gasteiger partial charge in [-0.15, -0.1) is 0 Å². The highest BCUT2D eigenvalue weighted by Gasteiger charge is 2.20. The lowest BCUT2D eigenvalue weighted by Gasteiger charge is -2.13. The molecule has 0 spiro atoms. The smallest absolute Gasteiger partial charge is 0.387 e. The van der Waals surface area contributed by atoms with Gasteiger partial charge in [0.2, 0.25) is 11.7 Å². The molecule has 2 amide bonds. The first-order chi connectivity index (χ1) is 15.7. The number of nitrogens with one attached hydrogen (secondary N) is 2. The number of ether oxygens (including phenoxy) is 2. The Morgan fingerprint density at radius 2 is 1.70 bits per heavy atom. The van der Waals surface area contributed by atoms with Crippen molar-refractivity contribution in [1.82, 2.24) is 5.32 Å². The van der Waals surface area contributed by atoms with E-state index in [-0.39, 0.29) is 22.8 Å². The predicted molar refractivity (Wildman–Crippen MR) is 115 cm³/mol. The van der Waals surface area contributed by atoms with E-state index in [2.05, 4.69) is 15.4 Å². The van der Waals surface area contributed by atoms with E-state index < -0.39 is 36.9 Å². The minimum absolute atomic E-state index is 0.0104. The Kier molecular flexibility index (Phi) is 9.46. The number of hydrogen-bond donors (Lipinski definition) is 2. The number of amides is 2. The number of Topliss-reactive ketones (excluding diaryl/α,β-unsaturated/α-hetero) is 1. The molecule has 0 aromatic heterocycles. The van der Waals surface area contributed by atoms with Crippen LogP contribution in [0, 0.1) is 0 Å². The van der Waals surface area contributed by atoms with E-state index in [1.807, 2.05) is 6.92 Å². The van der Waals surface area contributed by atoms with Gasteiger partial charge in [0, 0.05) is 23.2 Å². The maximum absolute atomic E-state index is 12.5. The molecule has 2 N–H and O–H groups in total. The summed E-state index contributed by atoms with van der Waals surface area (Å²) < 4.78 is 33.9. The summed E-state index contributed by atoms with van der Waals surface area (Å²) in [6.07, 6.45) is -0.0117. The van der Waals surface area contributed by atoms with Crippen molar-refractivity contribution >= 4 is 29.3 Å². The largest absolute Gasteiger partial charge is 0.453 e.